The van der Waals surface area contributed by atoms with Gasteiger partial charge in [-0.3, -0.25) is 14.4 Å². The first-order chi connectivity index (χ1) is 15.2. The van der Waals surface area contributed by atoms with Crippen molar-refractivity contribution in [1.82, 2.24) is 4.90 Å². The molecule has 0 aromatic heterocycles. The molecule has 1 saturated heterocycles. The smallest absolute Gasteiger partial charge is 0.308 e. The number of Topliss-reactive ketones (excluding diaryl/α,β-unsaturated/α-hetero) is 1. The van der Waals surface area contributed by atoms with E-state index < -0.39 is 11.4 Å². The van der Waals surface area contributed by atoms with Crippen LogP contribution in [0.4, 0.5) is 0 Å². The van der Waals surface area contributed by atoms with Gasteiger partial charge in [-0.1, -0.05) is 0 Å². The molecule has 8 nitrogen and oxygen atoms in total. The first-order valence-electron chi connectivity index (χ1n) is 10.8. The van der Waals surface area contributed by atoms with Crippen LogP contribution < -0.4 is 9.47 Å². The Labute approximate surface area is 187 Å². The largest absolute Gasteiger partial charge is 0.493 e. The number of carbonyl (C=O) groups is 3. The number of piperidine rings is 1. The van der Waals surface area contributed by atoms with Crippen molar-refractivity contribution in [2.24, 2.45) is 5.92 Å². The van der Waals surface area contributed by atoms with Crippen LogP contribution in [0.1, 0.15) is 43.4 Å². The number of rotatable bonds is 5. The second-order valence-electron chi connectivity index (χ2n) is 8.81. The van der Waals surface area contributed by atoms with Crippen molar-refractivity contribution in [3.05, 3.63) is 34.6 Å². The molecule has 2 bridgehead atoms. The van der Waals surface area contributed by atoms with Gasteiger partial charge >= 0.3 is 11.9 Å². The molecule has 0 spiro atoms. The summed E-state index contributed by atoms with van der Waals surface area (Å²) in [6.07, 6.45) is 3.57. The molecule has 0 radical (unpaired) electrons. The second kappa shape index (κ2) is 8.24. The Morgan fingerprint density at radius 3 is 2.56 bits per heavy atom. The molecule has 0 N–H and O–H groups in total. The Kier molecular flexibility index (Phi) is 5.75. The number of esters is 2. The highest BCUT2D eigenvalue weighted by atomic mass is 16.6. The van der Waals surface area contributed by atoms with Crippen LogP contribution in [-0.4, -0.2) is 56.5 Å². The third-order valence-corrected chi connectivity index (χ3v) is 7.08. The first-order valence-corrected chi connectivity index (χ1v) is 10.8. The van der Waals surface area contributed by atoms with Crippen molar-refractivity contribution in [1.29, 1.82) is 0 Å². The highest BCUT2D eigenvalue weighted by molar-refractivity contribution is 5.96. The molecule has 0 saturated carbocycles. The molecule has 1 fully saturated rings. The molecule has 0 unspecified atom stereocenters. The number of benzene rings is 1. The highest BCUT2D eigenvalue weighted by Gasteiger charge is 2.57. The molecular weight excluding hydrogens is 414 g/mol. The lowest BCUT2D eigenvalue weighted by atomic mass is 9.53. The van der Waals surface area contributed by atoms with Gasteiger partial charge in [-0.05, 0) is 49.7 Å². The molecule has 8 heteroatoms. The fraction of sp³-hybridized carbons (Fsp3) is 0.542. The van der Waals surface area contributed by atoms with Gasteiger partial charge in [-0.15, -0.1) is 0 Å². The maximum absolute atomic E-state index is 13.0. The van der Waals surface area contributed by atoms with Crippen molar-refractivity contribution in [3.8, 4) is 11.5 Å². The van der Waals surface area contributed by atoms with Gasteiger partial charge in [0.25, 0.3) is 0 Å². The summed E-state index contributed by atoms with van der Waals surface area (Å²) in [6.45, 7) is 3.60. The molecule has 1 aromatic rings. The number of carbonyl (C=O) groups excluding carboxylic acids is 3. The van der Waals surface area contributed by atoms with Crippen LogP contribution in [-0.2, 0) is 42.3 Å². The lowest BCUT2D eigenvalue weighted by Crippen LogP contribution is -2.60. The molecule has 3 aliphatic rings. The van der Waals surface area contributed by atoms with Gasteiger partial charge in [0.1, 0.15) is 6.61 Å². The van der Waals surface area contributed by atoms with E-state index in [0.29, 0.717) is 30.1 Å². The summed E-state index contributed by atoms with van der Waals surface area (Å²) < 4.78 is 22.1. The van der Waals surface area contributed by atoms with Crippen LogP contribution in [0.25, 0.3) is 0 Å². The third kappa shape index (κ3) is 3.46. The number of likely N-dealkylation sites (N-methyl/N-ethyl adjacent to an activating group) is 1. The highest BCUT2D eigenvalue weighted by Crippen LogP contribution is 2.58. The van der Waals surface area contributed by atoms with Crippen molar-refractivity contribution < 1.29 is 33.3 Å². The predicted molar refractivity (Wildman–Crippen MR) is 114 cm³/mol. The van der Waals surface area contributed by atoms with Gasteiger partial charge in [0.15, 0.2) is 23.0 Å². The normalized spacial score (nSPS) is 26.4. The van der Waals surface area contributed by atoms with Crippen LogP contribution in [0.3, 0.4) is 0 Å². The van der Waals surface area contributed by atoms with Gasteiger partial charge in [0.2, 0.25) is 0 Å². The molecule has 172 valence electrons. The van der Waals surface area contributed by atoms with E-state index in [0.717, 1.165) is 23.2 Å². The van der Waals surface area contributed by atoms with E-state index in [9.17, 15) is 14.4 Å². The van der Waals surface area contributed by atoms with Crippen LogP contribution in [0, 0.1) is 5.92 Å². The lowest BCUT2D eigenvalue weighted by molar-refractivity contribution is -0.142. The predicted octanol–water partition coefficient (Wildman–Crippen LogP) is 2.30. The summed E-state index contributed by atoms with van der Waals surface area (Å²) in [7, 11) is 5.11. The molecule has 2 aliphatic carbocycles. The van der Waals surface area contributed by atoms with E-state index in [4.69, 9.17) is 18.9 Å². The summed E-state index contributed by atoms with van der Waals surface area (Å²) in [5.74, 6) is 0.217. The number of ketones is 1. The van der Waals surface area contributed by atoms with Crippen LogP contribution >= 0.6 is 0 Å². The average molecular weight is 443 g/mol. The van der Waals surface area contributed by atoms with Gasteiger partial charge in [-0.25, -0.2) is 0 Å². The Morgan fingerprint density at radius 1 is 1.19 bits per heavy atom. The summed E-state index contributed by atoms with van der Waals surface area (Å²) in [6, 6.07) is 1.90. The number of hydrogen-bond donors (Lipinski definition) is 0. The van der Waals surface area contributed by atoms with Crippen molar-refractivity contribution in [2.45, 2.75) is 51.2 Å². The molecule has 1 aromatic carbocycles. The number of ether oxygens (including phenoxy) is 4. The fourth-order valence-electron chi connectivity index (χ4n) is 5.71. The second-order valence-corrected chi connectivity index (χ2v) is 8.81. The number of fused-ring (bicyclic) bond motifs is 1. The van der Waals surface area contributed by atoms with E-state index in [1.165, 1.54) is 28.1 Å². The zero-order chi connectivity index (χ0) is 23.2. The van der Waals surface area contributed by atoms with E-state index >= 15 is 0 Å². The van der Waals surface area contributed by atoms with Gasteiger partial charge in [-0.2, -0.15) is 0 Å². The maximum atomic E-state index is 13.0. The van der Waals surface area contributed by atoms with Crippen molar-refractivity contribution in [2.75, 3.05) is 27.8 Å². The van der Waals surface area contributed by atoms with E-state index in [-0.39, 0.29) is 36.7 Å². The zero-order valence-electron chi connectivity index (χ0n) is 19.1. The monoisotopic (exact) mass is 443 g/mol. The average Bonchev–Trinajstić information content (AvgIpc) is 2.74. The summed E-state index contributed by atoms with van der Waals surface area (Å²) in [4.78, 5) is 38.9. The van der Waals surface area contributed by atoms with E-state index in [2.05, 4.69) is 11.9 Å². The molecular formula is C24H29NO7. The summed E-state index contributed by atoms with van der Waals surface area (Å²) in [5.41, 5.74) is 2.02. The minimum atomic E-state index is -0.561. The SMILES string of the molecule is COC1=C[C@@H]2[C@@H]3Cc4c(COC(C)=O)cc(OC)c(OC(C)=O)c4[C@]2(CCN3C)CC1=O. The molecule has 4 rings (SSSR count). The van der Waals surface area contributed by atoms with Gasteiger partial charge < -0.3 is 23.8 Å². The number of allylic oxidation sites excluding steroid dienone is 1. The van der Waals surface area contributed by atoms with Crippen LogP contribution in [0.15, 0.2) is 17.9 Å². The molecule has 32 heavy (non-hydrogen) atoms. The van der Waals surface area contributed by atoms with E-state index in [1.807, 2.05) is 6.08 Å². The van der Waals surface area contributed by atoms with Gasteiger partial charge in [0, 0.05) is 43.2 Å². The van der Waals surface area contributed by atoms with Crippen molar-refractivity contribution >= 4 is 17.7 Å². The van der Waals surface area contributed by atoms with E-state index in [1.54, 1.807) is 6.07 Å². The Bertz CT molecular complexity index is 1010. The minimum absolute atomic E-state index is 0.00406. The number of likely N-dealkylation sites (tertiary alicyclic amines) is 1. The molecule has 1 heterocycles. The fourth-order valence-corrected chi connectivity index (χ4v) is 5.71. The van der Waals surface area contributed by atoms with Crippen LogP contribution in [0.2, 0.25) is 0 Å². The number of nitrogens with zero attached hydrogens (tertiary/aromatic N) is 1. The maximum Gasteiger partial charge on any atom is 0.308 e. The quantitative estimate of drug-likeness (QED) is 0.506. The topological polar surface area (TPSA) is 91.4 Å². The molecule has 1 aliphatic heterocycles. The summed E-state index contributed by atoms with van der Waals surface area (Å²) in [5, 5.41) is 0. The number of methoxy groups -OCH3 is 2. The Morgan fingerprint density at radius 2 is 1.94 bits per heavy atom. The molecule has 3 atom stereocenters. The van der Waals surface area contributed by atoms with Gasteiger partial charge in [0.05, 0.1) is 14.2 Å². The van der Waals surface area contributed by atoms with Crippen LogP contribution in [0.5, 0.6) is 11.5 Å². The summed E-state index contributed by atoms with van der Waals surface area (Å²) >= 11 is 0. The van der Waals surface area contributed by atoms with Crippen molar-refractivity contribution in [3.63, 3.8) is 0 Å². The number of hydrogen-bond acceptors (Lipinski definition) is 8. The Hall–Kier alpha value is -2.87. The molecule has 0 amide bonds. The third-order valence-electron chi connectivity index (χ3n) is 7.08. The minimum Gasteiger partial charge on any atom is -0.493 e. The lowest BCUT2D eigenvalue weighted by Gasteiger charge is -2.57. The zero-order valence-corrected chi connectivity index (χ0v) is 19.1. The standard InChI is InChI=1S/C24H29NO7/c1-13(26)31-12-15-8-21(30-5)23(32-14(2)27)22-16(15)9-18-17-10-20(29-4)19(28)11-24(17,22)6-7-25(18)3/h8,10,17-18H,6-7,9,11-12H2,1-5H3/t17-,18+,24-/m1/s1. The first kappa shape index (κ1) is 22.3. The Balaban J connectivity index is 2.01.